The maximum absolute atomic E-state index is 12.3. The van der Waals surface area contributed by atoms with Crippen LogP contribution in [-0.2, 0) is 4.74 Å². The fraction of sp³-hybridized carbons (Fsp3) is 1.00. The quantitative estimate of drug-likeness (QED) is 0.760. The minimum atomic E-state index is -4.11. The summed E-state index contributed by atoms with van der Waals surface area (Å²) in [6, 6.07) is -0.267. The molecule has 0 radical (unpaired) electrons. The van der Waals surface area contributed by atoms with Crippen LogP contribution in [0.1, 0.15) is 47.0 Å². The van der Waals surface area contributed by atoms with E-state index in [9.17, 15) is 13.2 Å². The van der Waals surface area contributed by atoms with Crippen molar-refractivity contribution in [3.63, 3.8) is 0 Å². The third-order valence-corrected chi connectivity index (χ3v) is 2.87. The molecular formula is C13H26F3NO. The van der Waals surface area contributed by atoms with Gasteiger partial charge in [-0.25, -0.2) is 0 Å². The summed E-state index contributed by atoms with van der Waals surface area (Å²) in [7, 11) is 1.56. The first-order valence-electron chi connectivity index (χ1n) is 6.44. The van der Waals surface area contributed by atoms with E-state index in [0.717, 1.165) is 6.42 Å². The molecule has 0 spiro atoms. The predicted molar refractivity (Wildman–Crippen MR) is 67.6 cm³/mol. The molecule has 0 aromatic rings. The van der Waals surface area contributed by atoms with Gasteiger partial charge in [-0.2, -0.15) is 13.2 Å². The van der Waals surface area contributed by atoms with Crippen LogP contribution in [-0.4, -0.2) is 32.0 Å². The first-order chi connectivity index (χ1) is 8.11. The van der Waals surface area contributed by atoms with E-state index in [0.29, 0.717) is 6.54 Å². The standard InChI is InChI=1S/C13H26F3NO/c1-6-9-17-10(7-8-13(14,15)16)11(18-5)12(2,3)4/h10-11,17H,6-9H2,1-5H3. The molecule has 2 unspecified atom stereocenters. The Hall–Kier alpha value is -0.290. The van der Waals surface area contributed by atoms with E-state index in [4.69, 9.17) is 4.74 Å². The summed E-state index contributed by atoms with van der Waals surface area (Å²) >= 11 is 0. The Morgan fingerprint density at radius 1 is 1.17 bits per heavy atom. The molecule has 0 aromatic heterocycles. The van der Waals surface area contributed by atoms with Gasteiger partial charge in [-0.05, 0) is 24.8 Å². The van der Waals surface area contributed by atoms with E-state index in [1.165, 1.54) is 0 Å². The average Bonchev–Trinajstić information content (AvgIpc) is 2.19. The number of nitrogens with one attached hydrogen (secondary N) is 1. The van der Waals surface area contributed by atoms with Crippen LogP contribution in [0.15, 0.2) is 0 Å². The highest BCUT2D eigenvalue weighted by atomic mass is 19.4. The van der Waals surface area contributed by atoms with Crippen LogP contribution >= 0.6 is 0 Å². The smallest absolute Gasteiger partial charge is 0.379 e. The van der Waals surface area contributed by atoms with Gasteiger partial charge in [-0.1, -0.05) is 27.7 Å². The summed E-state index contributed by atoms with van der Waals surface area (Å²) in [6.45, 7) is 8.64. The van der Waals surface area contributed by atoms with Crippen molar-refractivity contribution in [3.05, 3.63) is 0 Å². The molecule has 2 atom stereocenters. The molecule has 110 valence electrons. The molecular weight excluding hydrogens is 243 g/mol. The van der Waals surface area contributed by atoms with E-state index in [-0.39, 0.29) is 24.0 Å². The topological polar surface area (TPSA) is 21.3 Å². The normalized spacial score (nSPS) is 16.7. The van der Waals surface area contributed by atoms with Gasteiger partial charge in [0.25, 0.3) is 0 Å². The van der Waals surface area contributed by atoms with Crippen molar-refractivity contribution in [3.8, 4) is 0 Å². The number of halogens is 3. The Morgan fingerprint density at radius 2 is 1.72 bits per heavy atom. The molecule has 0 aliphatic heterocycles. The van der Waals surface area contributed by atoms with Crippen molar-refractivity contribution >= 4 is 0 Å². The monoisotopic (exact) mass is 269 g/mol. The second kappa shape index (κ2) is 7.34. The summed E-state index contributed by atoms with van der Waals surface area (Å²) in [5.41, 5.74) is -0.189. The molecule has 0 saturated carbocycles. The Balaban J connectivity index is 4.63. The maximum atomic E-state index is 12.3. The van der Waals surface area contributed by atoms with Crippen molar-refractivity contribution in [1.82, 2.24) is 5.32 Å². The number of hydrogen-bond acceptors (Lipinski definition) is 2. The fourth-order valence-corrected chi connectivity index (χ4v) is 2.13. The van der Waals surface area contributed by atoms with Gasteiger partial charge in [0.2, 0.25) is 0 Å². The van der Waals surface area contributed by atoms with Crippen molar-refractivity contribution in [2.45, 2.75) is 65.3 Å². The van der Waals surface area contributed by atoms with E-state index < -0.39 is 12.6 Å². The van der Waals surface area contributed by atoms with Crippen LogP contribution < -0.4 is 5.32 Å². The number of rotatable bonds is 7. The minimum Gasteiger partial charge on any atom is -0.379 e. The van der Waals surface area contributed by atoms with Crippen molar-refractivity contribution < 1.29 is 17.9 Å². The van der Waals surface area contributed by atoms with Gasteiger partial charge in [-0.3, -0.25) is 0 Å². The molecule has 0 bridgehead atoms. The second-order valence-corrected chi connectivity index (χ2v) is 5.74. The molecule has 0 aliphatic carbocycles. The Morgan fingerprint density at radius 3 is 2.06 bits per heavy atom. The van der Waals surface area contributed by atoms with Crippen LogP contribution in [0.5, 0.6) is 0 Å². The first kappa shape index (κ1) is 17.7. The van der Waals surface area contributed by atoms with E-state index in [2.05, 4.69) is 5.32 Å². The van der Waals surface area contributed by atoms with Gasteiger partial charge in [0.05, 0.1) is 6.10 Å². The maximum Gasteiger partial charge on any atom is 0.389 e. The van der Waals surface area contributed by atoms with Crippen molar-refractivity contribution in [1.29, 1.82) is 0 Å². The van der Waals surface area contributed by atoms with Gasteiger partial charge in [0, 0.05) is 19.6 Å². The van der Waals surface area contributed by atoms with E-state index >= 15 is 0 Å². The molecule has 0 rings (SSSR count). The largest absolute Gasteiger partial charge is 0.389 e. The fourth-order valence-electron chi connectivity index (χ4n) is 2.13. The number of hydrogen-bond donors (Lipinski definition) is 1. The second-order valence-electron chi connectivity index (χ2n) is 5.74. The van der Waals surface area contributed by atoms with Crippen LogP contribution in [0.4, 0.5) is 13.2 Å². The average molecular weight is 269 g/mol. The molecule has 1 N–H and O–H groups in total. The summed E-state index contributed by atoms with van der Waals surface area (Å²) in [5.74, 6) is 0. The number of alkyl halides is 3. The number of ether oxygens (including phenoxy) is 1. The molecule has 0 aromatic carbocycles. The summed E-state index contributed by atoms with van der Waals surface area (Å²) < 4.78 is 42.4. The lowest BCUT2D eigenvalue weighted by molar-refractivity contribution is -0.139. The molecule has 18 heavy (non-hydrogen) atoms. The van der Waals surface area contributed by atoms with Crippen molar-refractivity contribution in [2.75, 3.05) is 13.7 Å². The van der Waals surface area contributed by atoms with Gasteiger partial charge in [-0.15, -0.1) is 0 Å². The SMILES string of the molecule is CCCNC(CCC(F)(F)F)C(OC)C(C)(C)C. The Labute approximate surface area is 108 Å². The molecule has 5 heteroatoms. The zero-order valence-electron chi connectivity index (χ0n) is 12.0. The predicted octanol–water partition coefficient (Wildman–Crippen LogP) is 3.76. The molecule has 0 amide bonds. The van der Waals surface area contributed by atoms with Gasteiger partial charge in [0.1, 0.15) is 0 Å². The van der Waals surface area contributed by atoms with Crippen LogP contribution in [0, 0.1) is 5.41 Å². The van der Waals surface area contributed by atoms with Crippen molar-refractivity contribution in [2.24, 2.45) is 5.41 Å². The van der Waals surface area contributed by atoms with Gasteiger partial charge in [0.15, 0.2) is 0 Å². The Kier molecular flexibility index (Phi) is 7.22. The molecule has 0 heterocycles. The first-order valence-corrected chi connectivity index (χ1v) is 6.44. The Bertz CT molecular complexity index is 223. The molecule has 0 saturated heterocycles. The highest BCUT2D eigenvalue weighted by Gasteiger charge is 2.35. The zero-order valence-corrected chi connectivity index (χ0v) is 12.0. The lowest BCUT2D eigenvalue weighted by Crippen LogP contribution is -2.48. The molecule has 0 fully saturated rings. The van der Waals surface area contributed by atoms with E-state index in [1.807, 2.05) is 27.7 Å². The third-order valence-electron chi connectivity index (χ3n) is 2.87. The molecule has 0 aliphatic rings. The highest BCUT2D eigenvalue weighted by Crippen LogP contribution is 2.29. The third kappa shape index (κ3) is 7.21. The summed E-state index contributed by atoms with van der Waals surface area (Å²) in [5, 5.41) is 3.17. The minimum absolute atomic E-state index is 0.0548. The van der Waals surface area contributed by atoms with Crippen LogP contribution in [0.2, 0.25) is 0 Å². The highest BCUT2D eigenvalue weighted by molar-refractivity contribution is 4.86. The van der Waals surface area contributed by atoms with Gasteiger partial charge >= 0.3 is 6.18 Å². The van der Waals surface area contributed by atoms with Crippen LogP contribution in [0.3, 0.4) is 0 Å². The zero-order chi connectivity index (χ0) is 14.4. The van der Waals surface area contributed by atoms with E-state index in [1.54, 1.807) is 7.11 Å². The van der Waals surface area contributed by atoms with Gasteiger partial charge < -0.3 is 10.1 Å². The summed E-state index contributed by atoms with van der Waals surface area (Å²) in [4.78, 5) is 0. The lowest BCUT2D eigenvalue weighted by Gasteiger charge is -2.36. The number of methoxy groups -OCH3 is 1. The summed E-state index contributed by atoms with van der Waals surface area (Å²) in [6.07, 6.45) is -4.17. The molecule has 2 nitrogen and oxygen atoms in total. The van der Waals surface area contributed by atoms with Crippen LogP contribution in [0.25, 0.3) is 0 Å². The lowest BCUT2D eigenvalue weighted by atomic mass is 9.83.